The van der Waals surface area contributed by atoms with E-state index < -0.39 is 5.60 Å². The van der Waals surface area contributed by atoms with E-state index in [0.29, 0.717) is 13.0 Å². The summed E-state index contributed by atoms with van der Waals surface area (Å²) in [4.78, 5) is 4.40. The Balaban J connectivity index is 1.83. The van der Waals surface area contributed by atoms with Crippen LogP contribution in [0.4, 0.5) is 0 Å². The molecule has 0 aliphatic carbocycles. The van der Waals surface area contributed by atoms with Crippen LogP contribution >= 0.6 is 0 Å². The second-order valence-corrected chi connectivity index (χ2v) is 6.57. The van der Waals surface area contributed by atoms with E-state index in [4.69, 9.17) is 4.74 Å². The SMILES string of the molecule is Cc1ccc(Oc2ccc3ncn(CCC(C)(C)O)c3c2)cc1. The Hall–Kier alpha value is -2.33. The number of nitrogens with zero attached hydrogens (tertiary/aromatic N) is 2. The number of hydrogen-bond donors (Lipinski definition) is 1. The van der Waals surface area contributed by atoms with Crippen LogP contribution in [0, 0.1) is 6.92 Å². The normalized spacial score (nSPS) is 11.8. The van der Waals surface area contributed by atoms with Gasteiger partial charge in [-0.2, -0.15) is 0 Å². The van der Waals surface area contributed by atoms with Crippen LogP contribution < -0.4 is 4.74 Å². The molecular weight excluding hydrogens is 288 g/mol. The highest BCUT2D eigenvalue weighted by Gasteiger charge is 2.13. The summed E-state index contributed by atoms with van der Waals surface area (Å²) in [6.07, 6.45) is 2.48. The molecule has 0 aliphatic rings. The van der Waals surface area contributed by atoms with Crippen LogP contribution in [0.15, 0.2) is 48.8 Å². The summed E-state index contributed by atoms with van der Waals surface area (Å²) >= 11 is 0. The summed E-state index contributed by atoms with van der Waals surface area (Å²) in [5, 5.41) is 9.90. The molecule has 0 radical (unpaired) electrons. The van der Waals surface area contributed by atoms with Gasteiger partial charge in [0.15, 0.2) is 0 Å². The minimum Gasteiger partial charge on any atom is -0.457 e. The first-order valence-corrected chi connectivity index (χ1v) is 7.82. The fourth-order valence-corrected chi connectivity index (χ4v) is 2.41. The van der Waals surface area contributed by atoms with Crippen LogP contribution in [-0.4, -0.2) is 20.3 Å². The smallest absolute Gasteiger partial charge is 0.129 e. The van der Waals surface area contributed by atoms with Gasteiger partial charge in [-0.3, -0.25) is 0 Å². The number of fused-ring (bicyclic) bond motifs is 1. The van der Waals surface area contributed by atoms with Gasteiger partial charge in [-0.1, -0.05) is 17.7 Å². The molecule has 0 aliphatic heterocycles. The van der Waals surface area contributed by atoms with Gasteiger partial charge in [-0.25, -0.2) is 4.98 Å². The molecule has 0 unspecified atom stereocenters. The zero-order valence-electron chi connectivity index (χ0n) is 13.8. The summed E-state index contributed by atoms with van der Waals surface area (Å²) in [6.45, 7) is 6.40. The molecular formula is C19H22N2O2. The number of aliphatic hydroxyl groups is 1. The molecule has 1 aromatic heterocycles. The Labute approximate surface area is 136 Å². The lowest BCUT2D eigenvalue weighted by atomic mass is 10.1. The Morgan fingerprint density at radius 2 is 1.78 bits per heavy atom. The van der Waals surface area contributed by atoms with E-state index in [1.165, 1.54) is 5.56 Å². The van der Waals surface area contributed by atoms with Gasteiger partial charge in [0.2, 0.25) is 0 Å². The molecule has 1 heterocycles. The van der Waals surface area contributed by atoms with Crippen molar-refractivity contribution < 1.29 is 9.84 Å². The fraction of sp³-hybridized carbons (Fsp3) is 0.316. The Kier molecular flexibility index (Phi) is 4.09. The zero-order valence-corrected chi connectivity index (χ0v) is 13.8. The zero-order chi connectivity index (χ0) is 16.4. The van der Waals surface area contributed by atoms with Crippen LogP contribution in [0.2, 0.25) is 0 Å². The van der Waals surface area contributed by atoms with Gasteiger partial charge in [-0.15, -0.1) is 0 Å². The summed E-state index contributed by atoms with van der Waals surface area (Å²) in [6, 6.07) is 13.9. The lowest BCUT2D eigenvalue weighted by molar-refractivity contribution is 0.0665. The first kappa shape index (κ1) is 15.6. The monoisotopic (exact) mass is 310 g/mol. The van der Waals surface area contributed by atoms with E-state index in [1.54, 1.807) is 0 Å². The van der Waals surface area contributed by atoms with Crippen LogP contribution in [0.3, 0.4) is 0 Å². The first-order valence-electron chi connectivity index (χ1n) is 7.82. The second kappa shape index (κ2) is 6.05. The van der Waals surface area contributed by atoms with E-state index in [9.17, 15) is 5.11 Å². The van der Waals surface area contributed by atoms with Gasteiger partial charge in [0.1, 0.15) is 11.5 Å². The van der Waals surface area contributed by atoms with Gasteiger partial charge in [0, 0.05) is 12.6 Å². The molecule has 120 valence electrons. The Morgan fingerprint density at radius 1 is 1.09 bits per heavy atom. The number of ether oxygens (including phenoxy) is 1. The molecule has 23 heavy (non-hydrogen) atoms. The van der Waals surface area contributed by atoms with Gasteiger partial charge < -0.3 is 14.4 Å². The van der Waals surface area contributed by atoms with Crippen molar-refractivity contribution in [2.45, 2.75) is 39.3 Å². The maximum absolute atomic E-state index is 9.90. The first-order chi connectivity index (χ1) is 10.9. The average Bonchev–Trinajstić information content (AvgIpc) is 2.89. The molecule has 0 saturated carbocycles. The third-order valence-electron chi connectivity index (χ3n) is 3.81. The van der Waals surface area contributed by atoms with Gasteiger partial charge >= 0.3 is 0 Å². The Morgan fingerprint density at radius 3 is 2.48 bits per heavy atom. The molecule has 0 saturated heterocycles. The van der Waals surface area contributed by atoms with Crippen molar-refractivity contribution in [1.29, 1.82) is 0 Å². The number of aryl methyl sites for hydroxylation is 2. The standard InChI is InChI=1S/C19H22N2O2/c1-14-4-6-15(7-5-14)23-16-8-9-17-18(12-16)21(13-20-17)11-10-19(2,3)22/h4-9,12-13,22H,10-11H2,1-3H3. The maximum atomic E-state index is 9.90. The number of hydrogen-bond acceptors (Lipinski definition) is 3. The summed E-state index contributed by atoms with van der Waals surface area (Å²) in [5.41, 5.74) is 2.46. The molecule has 4 heteroatoms. The molecule has 2 aromatic carbocycles. The van der Waals surface area contributed by atoms with Crippen LogP contribution in [-0.2, 0) is 6.54 Å². The summed E-state index contributed by atoms with van der Waals surface area (Å²) in [7, 11) is 0. The summed E-state index contributed by atoms with van der Waals surface area (Å²) in [5.74, 6) is 1.60. The third-order valence-corrected chi connectivity index (χ3v) is 3.81. The quantitative estimate of drug-likeness (QED) is 0.764. The van der Waals surface area contributed by atoms with Crippen molar-refractivity contribution in [3.05, 3.63) is 54.4 Å². The average molecular weight is 310 g/mol. The van der Waals surface area contributed by atoms with E-state index in [-0.39, 0.29) is 0 Å². The van der Waals surface area contributed by atoms with E-state index in [2.05, 4.69) is 16.5 Å². The molecule has 3 aromatic rings. The van der Waals surface area contributed by atoms with Crippen molar-refractivity contribution in [2.24, 2.45) is 0 Å². The van der Waals surface area contributed by atoms with Crippen molar-refractivity contribution in [1.82, 2.24) is 9.55 Å². The van der Waals surface area contributed by atoms with Crippen molar-refractivity contribution in [3.63, 3.8) is 0 Å². The van der Waals surface area contributed by atoms with Crippen molar-refractivity contribution in [3.8, 4) is 11.5 Å². The fourth-order valence-electron chi connectivity index (χ4n) is 2.41. The van der Waals surface area contributed by atoms with Crippen molar-refractivity contribution >= 4 is 11.0 Å². The maximum Gasteiger partial charge on any atom is 0.129 e. The molecule has 4 nitrogen and oxygen atoms in total. The molecule has 0 spiro atoms. The third kappa shape index (κ3) is 3.90. The highest BCUT2D eigenvalue weighted by atomic mass is 16.5. The number of aromatic nitrogens is 2. The number of imidazole rings is 1. The van der Waals surface area contributed by atoms with Crippen LogP contribution in [0.25, 0.3) is 11.0 Å². The highest BCUT2D eigenvalue weighted by Crippen LogP contribution is 2.26. The minimum absolute atomic E-state index is 0.668. The predicted molar refractivity (Wildman–Crippen MR) is 91.9 cm³/mol. The number of rotatable bonds is 5. The molecule has 0 fully saturated rings. The Bertz CT molecular complexity index is 798. The van der Waals surface area contributed by atoms with E-state index in [1.807, 2.05) is 62.6 Å². The van der Waals surface area contributed by atoms with Crippen molar-refractivity contribution in [2.75, 3.05) is 0 Å². The molecule has 1 N–H and O–H groups in total. The minimum atomic E-state index is -0.688. The predicted octanol–water partition coefficient (Wildman–Crippen LogP) is 4.30. The second-order valence-electron chi connectivity index (χ2n) is 6.57. The van der Waals surface area contributed by atoms with Gasteiger partial charge in [0.05, 0.1) is 23.0 Å². The lowest BCUT2D eigenvalue weighted by Crippen LogP contribution is -2.20. The topological polar surface area (TPSA) is 47.3 Å². The molecule has 0 bridgehead atoms. The van der Waals surface area contributed by atoms with Crippen LogP contribution in [0.5, 0.6) is 11.5 Å². The number of benzene rings is 2. The lowest BCUT2D eigenvalue weighted by Gasteiger charge is -2.17. The molecule has 0 atom stereocenters. The molecule has 0 amide bonds. The summed E-state index contributed by atoms with van der Waals surface area (Å²) < 4.78 is 7.97. The highest BCUT2D eigenvalue weighted by molar-refractivity contribution is 5.77. The van der Waals surface area contributed by atoms with E-state index >= 15 is 0 Å². The largest absolute Gasteiger partial charge is 0.457 e. The van der Waals surface area contributed by atoms with Gasteiger partial charge in [0.25, 0.3) is 0 Å². The van der Waals surface area contributed by atoms with E-state index in [0.717, 1.165) is 22.5 Å². The van der Waals surface area contributed by atoms with Gasteiger partial charge in [-0.05, 0) is 51.5 Å². The van der Waals surface area contributed by atoms with Crippen LogP contribution in [0.1, 0.15) is 25.8 Å². The molecule has 3 rings (SSSR count).